The third-order valence-electron chi connectivity index (χ3n) is 5.17. The number of carbonyl (C=O) groups excluding carboxylic acids is 1. The fourth-order valence-corrected chi connectivity index (χ4v) is 3.35. The first-order valence-electron chi connectivity index (χ1n) is 9.91. The monoisotopic (exact) mass is 475 g/mol. The maximum atomic E-state index is 15.3. The number of aliphatic carboxylic acids is 1. The van der Waals surface area contributed by atoms with E-state index in [4.69, 9.17) is 0 Å². The molecule has 2 aromatic carbocycles. The smallest absolute Gasteiger partial charge is 0.319 e. The lowest BCUT2D eigenvalue weighted by atomic mass is 9.96. The van der Waals surface area contributed by atoms with Gasteiger partial charge in [0, 0.05) is 29.9 Å². The third-order valence-corrected chi connectivity index (χ3v) is 5.17. The van der Waals surface area contributed by atoms with Crippen LogP contribution in [0, 0.1) is 24.4 Å². The third kappa shape index (κ3) is 5.20. The van der Waals surface area contributed by atoms with Crippen LogP contribution in [-0.2, 0) is 11.8 Å². The van der Waals surface area contributed by atoms with Crippen molar-refractivity contribution >= 4 is 17.7 Å². The molecule has 2 amide bonds. The van der Waals surface area contributed by atoms with Crippen molar-refractivity contribution in [1.82, 2.24) is 9.88 Å². The molecule has 0 aliphatic rings. The molecule has 0 saturated heterocycles. The van der Waals surface area contributed by atoms with Crippen molar-refractivity contribution in [2.24, 2.45) is 7.05 Å². The molecule has 1 heterocycles. The van der Waals surface area contributed by atoms with Crippen molar-refractivity contribution < 1.29 is 33.0 Å². The summed E-state index contributed by atoms with van der Waals surface area (Å²) >= 11 is 0. The molecule has 1 aromatic heterocycles. The Bertz CT molecular complexity index is 1320. The molecule has 3 rings (SSSR count). The maximum Gasteiger partial charge on any atom is 0.319 e. The number of nitrogens with zero attached hydrogens (tertiary/aromatic N) is 1. The summed E-state index contributed by atoms with van der Waals surface area (Å²) in [6.07, 6.45) is -0.825. The Labute approximate surface area is 191 Å². The van der Waals surface area contributed by atoms with Crippen LogP contribution < -0.4 is 16.2 Å². The molecule has 0 aliphatic carbocycles. The van der Waals surface area contributed by atoms with Crippen LogP contribution in [0.2, 0.25) is 0 Å². The first-order valence-corrected chi connectivity index (χ1v) is 9.91. The number of carbonyl (C=O) groups is 2. The van der Waals surface area contributed by atoms with E-state index in [1.54, 1.807) is 6.92 Å². The van der Waals surface area contributed by atoms with Gasteiger partial charge in [-0.15, -0.1) is 0 Å². The van der Waals surface area contributed by atoms with Gasteiger partial charge in [-0.05, 0) is 36.8 Å². The fraction of sp³-hybridized carbons (Fsp3) is 0.174. The van der Waals surface area contributed by atoms with Gasteiger partial charge in [-0.25, -0.2) is 18.0 Å². The van der Waals surface area contributed by atoms with E-state index < -0.39 is 64.5 Å². The van der Waals surface area contributed by atoms with Crippen molar-refractivity contribution in [1.29, 1.82) is 0 Å². The molecule has 178 valence electrons. The number of rotatable bonds is 6. The number of pyridine rings is 1. The van der Waals surface area contributed by atoms with Gasteiger partial charge in [-0.2, -0.15) is 0 Å². The van der Waals surface area contributed by atoms with Gasteiger partial charge in [0.05, 0.1) is 12.5 Å². The predicted octanol–water partition coefficient (Wildman–Crippen LogP) is 3.82. The molecule has 0 bridgehead atoms. The van der Waals surface area contributed by atoms with Gasteiger partial charge in [0.15, 0.2) is 5.69 Å². The molecule has 4 N–H and O–H groups in total. The van der Waals surface area contributed by atoms with Crippen LogP contribution in [0.15, 0.2) is 47.3 Å². The van der Waals surface area contributed by atoms with E-state index in [0.717, 1.165) is 28.8 Å². The number of aryl methyl sites for hydroxylation is 1. The van der Waals surface area contributed by atoms with Crippen LogP contribution in [0.25, 0.3) is 11.1 Å². The molecule has 0 saturated carbocycles. The molecular weight excluding hydrogens is 455 g/mol. The zero-order chi connectivity index (χ0) is 25.2. The quantitative estimate of drug-likeness (QED) is 0.432. The maximum absolute atomic E-state index is 15.3. The second-order valence-corrected chi connectivity index (χ2v) is 7.52. The summed E-state index contributed by atoms with van der Waals surface area (Å²) in [4.78, 5) is 36.2. The second-order valence-electron chi connectivity index (χ2n) is 7.52. The Hall–Kier alpha value is -4.28. The van der Waals surface area contributed by atoms with Gasteiger partial charge in [0.1, 0.15) is 23.2 Å². The molecule has 0 aliphatic heterocycles. The normalized spacial score (nSPS) is 11.7. The molecule has 0 fully saturated rings. The number of aromatic hydroxyl groups is 1. The largest absolute Gasteiger partial charge is 0.505 e. The van der Waals surface area contributed by atoms with Crippen LogP contribution >= 0.6 is 0 Å². The van der Waals surface area contributed by atoms with Crippen LogP contribution in [0.5, 0.6) is 5.75 Å². The van der Waals surface area contributed by atoms with Crippen LogP contribution in [-0.4, -0.2) is 26.8 Å². The van der Waals surface area contributed by atoms with Gasteiger partial charge in [0.2, 0.25) is 0 Å². The number of hydrogen-bond acceptors (Lipinski definition) is 4. The van der Waals surface area contributed by atoms with E-state index in [2.05, 4.69) is 10.6 Å². The Morgan fingerprint density at radius 1 is 1.06 bits per heavy atom. The minimum Gasteiger partial charge on any atom is -0.505 e. The minimum absolute atomic E-state index is 0.131. The zero-order valence-corrected chi connectivity index (χ0v) is 18.0. The number of urea groups is 1. The van der Waals surface area contributed by atoms with E-state index in [0.29, 0.717) is 5.69 Å². The number of nitrogens with one attached hydrogen (secondary N) is 2. The molecule has 1 atom stereocenters. The summed E-state index contributed by atoms with van der Waals surface area (Å²) in [5.74, 6) is -4.48. The second kappa shape index (κ2) is 9.69. The van der Waals surface area contributed by atoms with Crippen LogP contribution in [0.4, 0.5) is 23.7 Å². The number of carboxylic acid groups (broad SMARTS) is 1. The van der Waals surface area contributed by atoms with E-state index in [1.807, 2.05) is 0 Å². The molecule has 0 spiro atoms. The summed E-state index contributed by atoms with van der Waals surface area (Å²) < 4.78 is 44.1. The summed E-state index contributed by atoms with van der Waals surface area (Å²) in [6.45, 7) is 1.55. The number of amides is 2. The molecule has 3 aromatic rings. The van der Waals surface area contributed by atoms with Gasteiger partial charge in [-0.1, -0.05) is 12.1 Å². The summed E-state index contributed by atoms with van der Waals surface area (Å²) in [5.41, 5.74) is -1.42. The SMILES string of the molecule is Cc1cc(O)c(NC(=O)NC(CC(=O)O)c2cc(F)cc(-c3ccc(F)cc3)c2F)c(=O)n1C. The van der Waals surface area contributed by atoms with Gasteiger partial charge >= 0.3 is 12.0 Å². The lowest BCUT2D eigenvalue weighted by molar-refractivity contribution is -0.137. The van der Waals surface area contributed by atoms with Crippen molar-refractivity contribution in [2.45, 2.75) is 19.4 Å². The number of carboxylic acids is 1. The first-order chi connectivity index (χ1) is 16.0. The molecule has 8 nitrogen and oxygen atoms in total. The topological polar surface area (TPSA) is 121 Å². The summed E-state index contributed by atoms with van der Waals surface area (Å²) in [6, 6.07) is 4.68. The average molecular weight is 475 g/mol. The van der Waals surface area contributed by atoms with Crippen molar-refractivity contribution in [2.75, 3.05) is 5.32 Å². The Morgan fingerprint density at radius 2 is 1.71 bits per heavy atom. The summed E-state index contributed by atoms with van der Waals surface area (Å²) in [7, 11) is 1.41. The number of benzene rings is 2. The molecule has 11 heteroatoms. The number of hydrogen-bond donors (Lipinski definition) is 4. The number of halogens is 3. The standard InChI is InChI=1S/C23H20F3N3O5/c1-11-7-18(30)21(22(33)29(11)2)28-23(34)27-17(10-19(31)32)16-9-14(25)8-15(20(16)26)12-3-5-13(24)6-4-12/h3-9,17,30H,10H2,1-2H3,(H,31,32)(H2,27,28,34). The van der Waals surface area contributed by atoms with Crippen molar-refractivity contribution in [3.8, 4) is 16.9 Å². The molecular formula is C23H20F3N3O5. The highest BCUT2D eigenvalue weighted by Crippen LogP contribution is 2.31. The number of aromatic nitrogens is 1. The predicted molar refractivity (Wildman–Crippen MR) is 117 cm³/mol. The minimum atomic E-state index is -1.55. The van der Waals surface area contributed by atoms with E-state index in [9.17, 15) is 33.4 Å². The lowest BCUT2D eigenvalue weighted by Gasteiger charge is -2.20. The fourth-order valence-electron chi connectivity index (χ4n) is 3.35. The lowest BCUT2D eigenvalue weighted by Crippen LogP contribution is -2.36. The highest BCUT2D eigenvalue weighted by Gasteiger charge is 2.25. The van der Waals surface area contributed by atoms with E-state index in [1.165, 1.54) is 25.2 Å². The Balaban J connectivity index is 1.98. The van der Waals surface area contributed by atoms with Crippen molar-refractivity contribution in [3.63, 3.8) is 0 Å². The highest BCUT2D eigenvalue weighted by molar-refractivity contribution is 5.91. The van der Waals surface area contributed by atoms with Gasteiger partial charge < -0.3 is 25.4 Å². The zero-order valence-electron chi connectivity index (χ0n) is 18.0. The van der Waals surface area contributed by atoms with Gasteiger partial charge in [-0.3, -0.25) is 9.59 Å². The molecule has 1 unspecified atom stereocenters. The van der Waals surface area contributed by atoms with Crippen molar-refractivity contribution in [3.05, 3.63) is 81.5 Å². The molecule has 0 radical (unpaired) electrons. The van der Waals surface area contributed by atoms with E-state index in [-0.39, 0.29) is 11.1 Å². The van der Waals surface area contributed by atoms with E-state index >= 15 is 4.39 Å². The Kier molecular flexibility index (Phi) is 6.94. The molecule has 34 heavy (non-hydrogen) atoms. The average Bonchev–Trinajstić information content (AvgIpc) is 2.76. The van der Waals surface area contributed by atoms with Crippen LogP contribution in [0.1, 0.15) is 23.7 Å². The highest BCUT2D eigenvalue weighted by atomic mass is 19.1. The van der Waals surface area contributed by atoms with Crippen LogP contribution in [0.3, 0.4) is 0 Å². The number of anilines is 1. The summed E-state index contributed by atoms with van der Waals surface area (Å²) in [5, 5.41) is 23.6. The first kappa shape index (κ1) is 24.4. The van der Waals surface area contributed by atoms with Gasteiger partial charge in [0.25, 0.3) is 5.56 Å². The Morgan fingerprint density at radius 3 is 2.32 bits per heavy atom.